The number of carbonyl (C=O) groups excluding carboxylic acids is 1. The van der Waals surface area contributed by atoms with Crippen LogP contribution in [0.3, 0.4) is 0 Å². The molecule has 1 saturated carbocycles. The van der Waals surface area contributed by atoms with Crippen molar-refractivity contribution in [3.8, 4) is 0 Å². The quantitative estimate of drug-likeness (QED) is 0.580. The number of nitrogens with one attached hydrogen (secondary N) is 1. The van der Waals surface area contributed by atoms with Crippen molar-refractivity contribution in [2.45, 2.75) is 31.8 Å². The first-order valence-corrected chi connectivity index (χ1v) is 7.14. The van der Waals surface area contributed by atoms with Crippen LogP contribution in [0.4, 0.5) is 5.69 Å². The van der Waals surface area contributed by atoms with E-state index in [2.05, 4.69) is 5.32 Å². The van der Waals surface area contributed by atoms with Gasteiger partial charge < -0.3 is 16.2 Å². The Kier molecular flexibility index (Phi) is 5.18. The maximum Gasteiger partial charge on any atom is 0.244 e. The second-order valence-corrected chi connectivity index (χ2v) is 5.36. The Morgan fingerprint density at radius 3 is 2.95 bits per heavy atom. The maximum atomic E-state index is 11.7. The molecule has 0 radical (unpaired) electrons. The predicted octanol–water partition coefficient (Wildman–Crippen LogP) is 1.95. The van der Waals surface area contributed by atoms with E-state index in [0.29, 0.717) is 12.2 Å². The van der Waals surface area contributed by atoms with Gasteiger partial charge in [0.1, 0.15) is 0 Å². The van der Waals surface area contributed by atoms with Crippen molar-refractivity contribution in [1.82, 2.24) is 5.32 Å². The van der Waals surface area contributed by atoms with E-state index in [0.717, 1.165) is 31.2 Å². The van der Waals surface area contributed by atoms with Crippen LogP contribution in [-0.4, -0.2) is 23.7 Å². The molecule has 1 aromatic carbocycles. The van der Waals surface area contributed by atoms with Gasteiger partial charge in [-0.2, -0.15) is 0 Å². The number of carbonyl (C=O) groups is 1. The van der Waals surface area contributed by atoms with E-state index in [1.54, 1.807) is 6.08 Å². The zero-order valence-corrected chi connectivity index (χ0v) is 11.6. The van der Waals surface area contributed by atoms with Crippen LogP contribution in [0.5, 0.6) is 0 Å². The minimum atomic E-state index is -0.276. The van der Waals surface area contributed by atoms with E-state index in [-0.39, 0.29) is 17.9 Å². The minimum Gasteiger partial charge on any atom is -0.399 e. The molecule has 4 heteroatoms. The first-order chi connectivity index (χ1) is 9.65. The van der Waals surface area contributed by atoms with Crippen LogP contribution < -0.4 is 11.1 Å². The molecule has 2 rings (SSSR count). The Hall–Kier alpha value is -1.81. The van der Waals surface area contributed by atoms with Crippen molar-refractivity contribution in [2.24, 2.45) is 5.92 Å². The Bertz CT molecular complexity index is 485. The van der Waals surface area contributed by atoms with Gasteiger partial charge in [-0.15, -0.1) is 0 Å². The second kappa shape index (κ2) is 7.10. The molecule has 1 aliphatic rings. The van der Waals surface area contributed by atoms with Crippen molar-refractivity contribution in [1.29, 1.82) is 0 Å². The van der Waals surface area contributed by atoms with Crippen molar-refractivity contribution >= 4 is 17.7 Å². The van der Waals surface area contributed by atoms with Crippen molar-refractivity contribution < 1.29 is 9.90 Å². The number of amides is 1. The number of aliphatic hydroxyl groups is 1. The van der Waals surface area contributed by atoms with Crippen molar-refractivity contribution in [3.63, 3.8) is 0 Å². The number of rotatable bonds is 4. The molecule has 0 heterocycles. The molecule has 0 spiro atoms. The summed E-state index contributed by atoms with van der Waals surface area (Å²) < 4.78 is 0. The van der Waals surface area contributed by atoms with E-state index in [4.69, 9.17) is 5.73 Å². The molecule has 1 aromatic rings. The number of benzene rings is 1. The fraction of sp³-hybridized carbons (Fsp3) is 0.438. The monoisotopic (exact) mass is 274 g/mol. The number of anilines is 1. The third-order valence-electron chi connectivity index (χ3n) is 3.75. The lowest BCUT2D eigenvalue weighted by Crippen LogP contribution is -2.36. The van der Waals surface area contributed by atoms with E-state index >= 15 is 0 Å². The lowest BCUT2D eigenvalue weighted by molar-refractivity contribution is -0.116. The molecule has 0 aliphatic heterocycles. The molecule has 108 valence electrons. The average molecular weight is 274 g/mol. The highest BCUT2D eigenvalue weighted by Gasteiger charge is 2.22. The van der Waals surface area contributed by atoms with Gasteiger partial charge in [0.2, 0.25) is 5.91 Å². The number of aliphatic hydroxyl groups excluding tert-OH is 1. The largest absolute Gasteiger partial charge is 0.399 e. The van der Waals surface area contributed by atoms with Crippen molar-refractivity contribution in [3.05, 3.63) is 35.9 Å². The highest BCUT2D eigenvalue weighted by Crippen LogP contribution is 2.23. The third-order valence-corrected chi connectivity index (χ3v) is 3.75. The average Bonchev–Trinajstić information content (AvgIpc) is 2.44. The summed E-state index contributed by atoms with van der Waals surface area (Å²) in [5, 5.41) is 12.7. The Labute approximate surface area is 119 Å². The van der Waals surface area contributed by atoms with E-state index in [1.807, 2.05) is 24.3 Å². The van der Waals surface area contributed by atoms with Crippen LogP contribution in [0, 0.1) is 5.92 Å². The van der Waals surface area contributed by atoms with Gasteiger partial charge in [-0.25, -0.2) is 0 Å². The molecular weight excluding hydrogens is 252 g/mol. The van der Waals surface area contributed by atoms with Crippen LogP contribution in [-0.2, 0) is 4.79 Å². The number of nitrogens with two attached hydrogens (primary N) is 1. The minimum absolute atomic E-state index is 0.134. The summed E-state index contributed by atoms with van der Waals surface area (Å²) in [7, 11) is 0. The fourth-order valence-electron chi connectivity index (χ4n) is 2.55. The molecule has 4 N–H and O–H groups in total. The standard InChI is InChI=1S/C16H22N2O2/c17-14-6-3-4-12(10-14)8-9-16(20)18-11-13-5-1-2-7-15(13)19/h3-4,6,8-10,13,15,19H,1-2,5,7,11,17H2,(H,18,20)/b9-8+. The van der Waals surface area contributed by atoms with Gasteiger partial charge in [0, 0.05) is 24.2 Å². The SMILES string of the molecule is Nc1cccc(/C=C/C(=O)NCC2CCCCC2O)c1. The molecule has 1 aliphatic carbocycles. The summed E-state index contributed by atoms with van der Waals surface area (Å²) >= 11 is 0. The molecular formula is C16H22N2O2. The number of hydrogen-bond donors (Lipinski definition) is 3. The second-order valence-electron chi connectivity index (χ2n) is 5.36. The summed E-state index contributed by atoms with van der Waals surface area (Å²) in [4.78, 5) is 11.7. The molecule has 0 bridgehead atoms. The summed E-state index contributed by atoms with van der Waals surface area (Å²) in [5.41, 5.74) is 7.25. The van der Waals surface area contributed by atoms with Crippen LogP contribution in [0.15, 0.2) is 30.3 Å². The van der Waals surface area contributed by atoms with Gasteiger partial charge in [-0.3, -0.25) is 4.79 Å². The summed E-state index contributed by atoms with van der Waals surface area (Å²) in [6, 6.07) is 7.37. The van der Waals surface area contributed by atoms with Gasteiger partial charge in [0.15, 0.2) is 0 Å². The van der Waals surface area contributed by atoms with Gasteiger partial charge in [-0.05, 0) is 36.6 Å². The molecule has 0 aromatic heterocycles. The van der Waals surface area contributed by atoms with Crippen LogP contribution in [0.2, 0.25) is 0 Å². The molecule has 2 atom stereocenters. The maximum absolute atomic E-state index is 11.7. The van der Waals surface area contributed by atoms with E-state index in [1.165, 1.54) is 6.08 Å². The molecule has 1 amide bonds. The first-order valence-electron chi connectivity index (χ1n) is 7.14. The Morgan fingerprint density at radius 1 is 1.40 bits per heavy atom. The highest BCUT2D eigenvalue weighted by molar-refractivity contribution is 5.91. The molecule has 2 unspecified atom stereocenters. The topological polar surface area (TPSA) is 75.4 Å². The van der Waals surface area contributed by atoms with Gasteiger partial charge in [0.25, 0.3) is 0 Å². The van der Waals surface area contributed by atoms with Crippen molar-refractivity contribution in [2.75, 3.05) is 12.3 Å². The molecule has 20 heavy (non-hydrogen) atoms. The van der Waals surface area contributed by atoms with Gasteiger partial charge >= 0.3 is 0 Å². The highest BCUT2D eigenvalue weighted by atomic mass is 16.3. The predicted molar refractivity (Wildman–Crippen MR) is 80.9 cm³/mol. The smallest absolute Gasteiger partial charge is 0.244 e. The number of hydrogen-bond acceptors (Lipinski definition) is 3. The third kappa shape index (κ3) is 4.38. The lowest BCUT2D eigenvalue weighted by Gasteiger charge is -2.27. The summed E-state index contributed by atoms with van der Waals surface area (Å²) in [6.45, 7) is 0.543. The Morgan fingerprint density at radius 2 is 2.20 bits per heavy atom. The molecule has 4 nitrogen and oxygen atoms in total. The first kappa shape index (κ1) is 14.6. The molecule has 0 saturated heterocycles. The molecule has 1 fully saturated rings. The normalized spacial score (nSPS) is 22.9. The lowest BCUT2D eigenvalue weighted by atomic mass is 9.86. The summed E-state index contributed by atoms with van der Waals surface area (Å²) in [6.07, 6.45) is 7.02. The number of nitrogen functional groups attached to an aromatic ring is 1. The zero-order valence-electron chi connectivity index (χ0n) is 11.6. The van der Waals surface area contributed by atoms with Crippen LogP contribution in [0.1, 0.15) is 31.2 Å². The summed E-state index contributed by atoms with van der Waals surface area (Å²) in [5.74, 6) is 0.0543. The fourth-order valence-corrected chi connectivity index (χ4v) is 2.55. The van der Waals surface area contributed by atoms with E-state index < -0.39 is 0 Å². The van der Waals surface area contributed by atoms with Gasteiger partial charge in [0.05, 0.1) is 6.10 Å². The van der Waals surface area contributed by atoms with Crippen LogP contribution in [0.25, 0.3) is 6.08 Å². The van der Waals surface area contributed by atoms with E-state index in [9.17, 15) is 9.90 Å². The van der Waals surface area contributed by atoms with Crippen LogP contribution >= 0.6 is 0 Å². The van der Waals surface area contributed by atoms with Gasteiger partial charge in [-0.1, -0.05) is 25.0 Å². The Balaban J connectivity index is 1.80. The zero-order chi connectivity index (χ0) is 14.4.